The van der Waals surface area contributed by atoms with Crippen LogP contribution in [-0.4, -0.2) is 5.11 Å². The Morgan fingerprint density at radius 3 is 0.944 bits per heavy atom. The van der Waals surface area contributed by atoms with Gasteiger partial charge in [-0.2, -0.15) is 0 Å². The summed E-state index contributed by atoms with van der Waals surface area (Å²) < 4.78 is 0. The first-order valence-electron chi connectivity index (χ1n) is 12.3. The molecular formula is C33H30OP2. The number of hydrogen-bond donors (Lipinski definition) is 1. The van der Waals surface area contributed by atoms with Crippen LogP contribution in [0, 0.1) is 0 Å². The maximum Gasteiger partial charge on any atom is 0.0682 e. The van der Waals surface area contributed by atoms with Crippen molar-refractivity contribution in [2.45, 2.75) is 18.9 Å². The molecule has 0 heterocycles. The van der Waals surface area contributed by atoms with E-state index in [1.54, 1.807) is 0 Å². The average Bonchev–Trinajstić information content (AvgIpc) is 2.96. The molecule has 0 fully saturated rings. The molecule has 0 aliphatic rings. The van der Waals surface area contributed by atoms with Gasteiger partial charge in [-0.3, -0.25) is 0 Å². The summed E-state index contributed by atoms with van der Waals surface area (Å²) in [5.41, 5.74) is 3.59. The summed E-state index contributed by atoms with van der Waals surface area (Å²) in [4.78, 5) is 0. The third-order valence-corrected chi connectivity index (χ3v) is 11.3. The molecule has 5 aromatic carbocycles. The van der Waals surface area contributed by atoms with E-state index in [1.165, 1.54) is 32.3 Å². The minimum Gasteiger partial charge on any atom is -0.392 e. The van der Waals surface area contributed by atoms with Gasteiger partial charge in [-0.05, 0) is 53.8 Å². The highest BCUT2D eigenvalue weighted by atomic mass is 31.1. The highest BCUT2D eigenvalue weighted by Gasteiger charge is 2.18. The van der Waals surface area contributed by atoms with Crippen molar-refractivity contribution in [1.29, 1.82) is 0 Å². The molecule has 0 atom stereocenters. The van der Waals surface area contributed by atoms with E-state index in [0.717, 1.165) is 17.9 Å². The summed E-state index contributed by atoms with van der Waals surface area (Å²) in [6, 6.07) is 50.2. The van der Waals surface area contributed by atoms with Crippen molar-refractivity contribution in [1.82, 2.24) is 0 Å². The first kappa shape index (κ1) is 24.6. The van der Waals surface area contributed by atoms with Gasteiger partial charge < -0.3 is 5.11 Å². The minimum atomic E-state index is -0.541. The Labute approximate surface area is 217 Å². The molecule has 0 bridgehead atoms. The second-order valence-electron chi connectivity index (χ2n) is 8.83. The Balaban J connectivity index is 1.50. The molecule has 0 saturated carbocycles. The molecule has 3 heteroatoms. The number of benzene rings is 5. The topological polar surface area (TPSA) is 20.2 Å². The molecule has 5 rings (SSSR count). The second kappa shape index (κ2) is 12.2. The zero-order valence-corrected chi connectivity index (χ0v) is 22.0. The smallest absolute Gasteiger partial charge is 0.0682 e. The summed E-state index contributed by atoms with van der Waals surface area (Å²) in [5.74, 6) is 0. The number of hydrogen-bond acceptors (Lipinski definition) is 1. The minimum absolute atomic E-state index is 0.0596. The van der Waals surface area contributed by atoms with E-state index in [9.17, 15) is 5.11 Å². The van der Waals surface area contributed by atoms with Crippen molar-refractivity contribution in [3.63, 3.8) is 0 Å². The molecule has 178 valence electrons. The summed E-state index contributed by atoms with van der Waals surface area (Å²) in [7, 11) is -1.08. The normalized spacial score (nSPS) is 11.2. The molecule has 0 spiro atoms. The highest BCUT2D eigenvalue weighted by Crippen LogP contribution is 2.41. The van der Waals surface area contributed by atoms with Crippen LogP contribution < -0.4 is 21.2 Å². The molecule has 0 radical (unpaired) electrons. The first-order chi connectivity index (χ1) is 17.8. The van der Waals surface area contributed by atoms with Crippen molar-refractivity contribution >= 4 is 37.1 Å². The molecule has 0 aliphatic carbocycles. The van der Waals surface area contributed by atoms with Crippen LogP contribution in [0.25, 0.3) is 0 Å². The van der Waals surface area contributed by atoms with Crippen LogP contribution in [0.3, 0.4) is 0 Å². The van der Waals surface area contributed by atoms with E-state index in [-0.39, 0.29) is 6.61 Å². The van der Waals surface area contributed by atoms with Crippen LogP contribution in [0.2, 0.25) is 0 Å². The van der Waals surface area contributed by atoms with Gasteiger partial charge in [0, 0.05) is 12.3 Å². The lowest BCUT2D eigenvalue weighted by molar-refractivity contribution is 0.281. The summed E-state index contributed by atoms with van der Waals surface area (Å²) in [6.07, 6.45) is 1.91. The van der Waals surface area contributed by atoms with Gasteiger partial charge in [-0.25, -0.2) is 0 Å². The SMILES string of the molecule is OCc1cc(CP(c2ccccc2)c2ccccc2)cc(CP(c2ccccc2)c2ccccc2)c1. The fraction of sp³-hybridized carbons (Fsp3) is 0.0909. The summed E-state index contributed by atoms with van der Waals surface area (Å²) >= 11 is 0. The van der Waals surface area contributed by atoms with Crippen LogP contribution in [0.5, 0.6) is 0 Å². The molecular weight excluding hydrogens is 474 g/mol. The lowest BCUT2D eigenvalue weighted by atomic mass is 10.1. The van der Waals surface area contributed by atoms with Gasteiger partial charge in [0.25, 0.3) is 0 Å². The van der Waals surface area contributed by atoms with Gasteiger partial charge in [-0.15, -0.1) is 0 Å². The maximum atomic E-state index is 10.1. The Bertz CT molecular complexity index is 1170. The van der Waals surface area contributed by atoms with Crippen molar-refractivity contribution < 1.29 is 5.11 Å². The first-order valence-corrected chi connectivity index (χ1v) is 15.3. The third-order valence-electron chi connectivity index (χ3n) is 6.25. The summed E-state index contributed by atoms with van der Waals surface area (Å²) in [6.45, 7) is 0.0596. The number of aliphatic hydroxyl groups is 1. The molecule has 0 aromatic heterocycles. The largest absolute Gasteiger partial charge is 0.392 e. The summed E-state index contributed by atoms with van der Waals surface area (Å²) in [5, 5.41) is 15.7. The molecule has 0 unspecified atom stereocenters. The van der Waals surface area contributed by atoms with E-state index in [2.05, 4.69) is 140 Å². The fourth-order valence-corrected chi connectivity index (χ4v) is 9.12. The van der Waals surface area contributed by atoms with Gasteiger partial charge in [0.15, 0.2) is 0 Å². The molecule has 0 amide bonds. The fourth-order valence-electron chi connectivity index (χ4n) is 4.57. The van der Waals surface area contributed by atoms with Gasteiger partial charge in [0.05, 0.1) is 6.61 Å². The monoisotopic (exact) mass is 504 g/mol. The van der Waals surface area contributed by atoms with Crippen LogP contribution in [-0.2, 0) is 18.9 Å². The lowest BCUT2D eigenvalue weighted by Gasteiger charge is -2.22. The van der Waals surface area contributed by atoms with Crippen LogP contribution in [0.15, 0.2) is 140 Å². The van der Waals surface area contributed by atoms with Gasteiger partial charge in [0.1, 0.15) is 0 Å². The van der Waals surface area contributed by atoms with Crippen molar-refractivity contribution in [3.8, 4) is 0 Å². The molecule has 36 heavy (non-hydrogen) atoms. The van der Waals surface area contributed by atoms with Crippen molar-refractivity contribution in [3.05, 3.63) is 156 Å². The van der Waals surface area contributed by atoms with Crippen molar-refractivity contribution in [2.24, 2.45) is 0 Å². The average molecular weight is 505 g/mol. The third kappa shape index (κ3) is 6.18. The van der Waals surface area contributed by atoms with E-state index < -0.39 is 15.8 Å². The molecule has 1 N–H and O–H groups in total. The maximum absolute atomic E-state index is 10.1. The van der Waals surface area contributed by atoms with Gasteiger partial charge in [0.2, 0.25) is 0 Å². The number of rotatable bonds is 9. The Hall–Kier alpha value is -3.08. The van der Waals surface area contributed by atoms with Crippen LogP contribution in [0.4, 0.5) is 0 Å². The van der Waals surface area contributed by atoms with Crippen LogP contribution in [0.1, 0.15) is 16.7 Å². The van der Waals surface area contributed by atoms with E-state index in [1.807, 2.05) is 0 Å². The number of aliphatic hydroxyl groups excluding tert-OH is 1. The standard InChI is InChI=1S/C33H30OP2/c34-24-27-21-28(25-35(30-13-5-1-6-14-30)31-15-7-2-8-16-31)23-29(22-27)26-36(32-17-9-3-10-18-32)33-19-11-4-12-20-33/h1-23,34H,24-26H2. The molecule has 5 aromatic rings. The molecule has 1 nitrogen and oxygen atoms in total. The van der Waals surface area contributed by atoms with Crippen molar-refractivity contribution in [2.75, 3.05) is 0 Å². The van der Waals surface area contributed by atoms with Gasteiger partial charge in [-0.1, -0.05) is 140 Å². The molecule has 0 saturated heterocycles. The van der Waals surface area contributed by atoms with Crippen LogP contribution >= 0.6 is 15.8 Å². The van der Waals surface area contributed by atoms with E-state index in [4.69, 9.17) is 0 Å². The Morgan fingerprint density at radius 1 is 0.389 bits per heavy atom. The van der Waals surface area contributed by atoms with E-state index in [0.29, 0.717) is 0 Å². The predicted octanol–water partition coefficient (Wildman–Crippen LogP) is 6.44. The quantitative estimate of drug-likeness (QED) is 0.229. The second-order valence-corrected chi connectivity index (χ2v) is 13.2. The molecule has 0 aliphatic heterocycles. The lowest BCUT2D eigenvalue weighted by Crippen LogP contribution is -2.14. The Morgan fingerprint density at radius 2 is 0.667 bits per heavy atom. The van der Waals surface area contributed by atoms with Gasteiger partial charge >= 0.3 is 0 Å². The highest BCUT2D eigenvalue weighted by molar-refractivity contribution is 7.72. The zero-order chi connectivity index (χ0) is 24.6. The zero-order valence-electron chi connectivity index (χ0n) is 20.2. The predicted molar refractivity (Wildman–Crippen MR) is 158 cm³/mol. The Kier molecular flexibility index (Phi) is 8.37. The van der Waals surface area contributed by atoms with E-state index >= 15 is 0 Å².